The van der Waals surface area contributed by atoms with Crippen molar-refractivity contribution in [2.75, 3.05) is 12.3 Å². The highest BCUT2D eigenvalue weighted by Gasteiger charge is 2.13. The molecule has 17 heavy (non-hydrogen) atoms. The number of hydrogen-bond acceptors (Lipinski definition) is 3. The van der Waals surface area contributed by atoms with Gasteiger partial charge in [-0.3, -0.25) is 4.79 Å². The maximum absolute atomic E-state index is 11.7. The van der Waals surface area contributed by atoms with Crippen LogP contribution in [-0.4, -0.2) is 23.7 Å². The van der Waals surface area contributed by atoms with Gasteiger partial charge in [0.25, 0.3) is 5.91 Å². The van der Waals surface area contributed by atoms with Crippen LogP contribution in [0.5, 0.6) is 0 Å². The van der Waals surface area contributed by atoms with E-state index in [9.17, 15) is 9.90 Å². The fourth-order valence-corrected chi connectivity index (χ4v) is 1.45. The number of anilines is 1. The summed E-state index contributed by atoms with van der Waals surface area (Å²) < 4.78 is 0. The number of carbonyl (C=O) groups excluding carboxylic acids is 1. The molecule has 0 saturated heterocycles. The number of rotatable bonds is 5. The van der Waals surface area contributed by atoms with Gasteiger partial charge in [-0.25, -0.2) is 0 Å². The zero-order valence-electron chi connectivity index (χ0n) is 10.3. The van der Waals surface area contributed by atoms with Crippen molar-refractivity contribution in [2.45, 2.75) is 26.4 Å². The molecule has 0 saturated carbocycles. The van der Waals surface area contributed by atoms with E-state index < -0.39 is 6.10 Å². The van der Waals surface area contributed by atoms with Gasteiger partial charge in [0.15, 0.2) is 0 Å². The third kappa shape index (κ3) is 4.07. The van der Waals surface area contributed by atoms with E-state index >= 15 is 0 Å². The van der Waals surface area contributed by atoms with Gasteiger partial charge in [-0.2, -0.15) is 0 Å². The Bertz CT molecular complexity index is 379. The van der Waals surface area contributed by atoms with Gasteiger partial charge in [0.05, 0.1) is 6.10 Å². The molecule has 1 aromatic carbocycles. The summed E-state index contributed by atoms with van der Waals surface area (Å²) >= 11 is 0. The highest BCUT2D eigenvalue weighted by atomic mass is 16.3. The molecule has 4 nitrogen and oxygen atoms in total. The summed E-state index contributed by atoms with van der Waals surface area (Å²) in [5.74, 6) is -0.0317. The van der Waals surface area contributed by atoms with Crippen molar-refractivity contribution in [1.29, 1.82) is 0 Å². The lowest BCUT2D eigenvalue weighted by atomic mass is 10.0. The number of aliphatic hydroxyl groups is 1. The van der Waals surface area contributed by atoms with Gasteiger partial charge in [0, 0.05) is 17.8 Å². The van der Waals surface area contributed by atoms with E-state index in [1.165, 1.54) is 0 Å². The van der Waals surface area contributed by atoms with Crippen LogP contribution in [0.4, 0.5) is 5.69 Å². The minimum atomic E-state index is -0.509. The number of carbonyl (C=O) groups is 1. The van der Waals surface area contributed by atoms with Gasteiger partial charge in [-0.15, -0.1) is 0 Å². The number of hydrogen-bond donors (Lipinski definition) is 3. The second-order valence-corrected chi connectivity index (χ2v) is 4.29. The van der Waals surface area contributed by atoms with Crippen molar-refractivity contribution in [3.63, 3.8) is 0 Å². The lowest BCUT2D eigenvalue weighted by Crippen LogP contribution is -2.35. The number of benzene rings is 1. The Morgan fingerprint density at radius 2 is 2.24 bits per heavy atom. The average Bonchev–Trinajstić information content (AvgIpc) is 2.34. The van der Waals surface area contributed by atoms with Crippen LogP contribution < -0.4 is 11.1 Å². The summed E-state index contributed by atoms with van der Waals surface area (Å²) in [6.07, 6.45) is 0.375. The van der Waals surface area contributed by atoms with E-state index in [1.807, 2.05) is 13.8 Å². The van der Waals surface area contributed by atoms with Crippen molar-refractivity contribution in [3.05, 3.63) is 29.8 Å². The summed E-state index contributed by atoms with van der Waals surface area (Å²) in [6.45, 7) is 4.23. The molecule has 2 atom stereocenters. The summed E-state index contributed by atoms with van der Waals surface area (Å²) in [7, 11) is 0. The van der Waals surface area contributed by atoms with Gasteiger partial charge in [0.2, 0.25) is 0 Å². The fraction of sp³-hybridized carbons (Fsp3) is 0.462. The summed E-state index contributed by atoms with van der Waals surface area (Å²) in [5, 5.41) is 12.4. The highest BCUT2D eigenvalue weighted by Crippen LogP contribution is 2.08. The Morgan fingerprint density at radius 1 is 1.53 bits per heavy atom. The number of nitrogens with two attached hydrogens (primary N) is 1. The second-order valence-electron chi connectivity index (χ2n) is 4.29. The van der Waals surface area contributed by atoms with Gasteiger partial charge < -0.3 is 16.2 Å². The molecule has 1 amide bonds. The van der Waals surface area contributed by atoms with Crippen LogP contribution in [0.2, 0.25) is 0 Å². The van der Waals surface area contributed by atoms with Crippen LogP contribution >= 0.6 is 0 Å². The molecular weight excluding hydrogens is 216 g/mol. The molecule has 4 N–H and O–H groups in total. The molecule has 0 spiro atoms. The number of aliphatic hydroxyl groups excluding tert-OH is 1. The van der Waals surface area contributed by atoms with E-state index in [0.717, 1.165) is 6.42 Å². The van der Waals surface area contributed by atoms with Crippen LogP contribution in [0.25, 0.3) is 0 Å². The number of nitrogens with one attached hydrogen (secondary N) is 1. The Balaban J connectivity index is 2.50. The molecule has 0 bridgehead atoms. The van der Waals surface area contributed by atoms with E-state index in [1.54, 1.807) is 24.3 Å². The lowest BCUT2D eigenvalue weighted by Gasteiger charge is -2.17. The van der Waals surface area contributed by atoms with Gasteiger partial charge >= 0.3 is 0 Å². The summed E-state index contributed by atoms with van der Waals surface area (Å²) in [4.78, 5) is 11.7. The SMILES string of the molecule is CCC(C)C(O)CNC(=O)c1cccc(N)c1. The smallest absolute Gasteiger partial charge is 0.251 e. The van der Waals surface area contributed by atoms with E-state index in [2.05, 4.69) is 5.32 Å². The molecule has 0 aliphatic carbocycles. The van der Waals surface area contributed by atoms with Crippen molar-refractivity contribution >= 4 is 11.6 Å². The fourth-order valence-electron chi connectivity index (χ4n) is 1.45. The van der Waals surface area contributed by atoms with Crippen molar-refractivity contribution in [3.8, 4) is 0 Å². The molecule has 94 valence electrons. The zero-order chi connectivity index (χ0) is 12.8. The van der Waals surface area contributed by atoms with Gasteiger partial charge in [-0.1, -0.05) is 26.3 Å². The minimum absolute atomic E-state index is 0.177. The van der Waals surface area contributed by atoms with Crippen LogP contribution in [0.1, 0.15) is 30.6 Å². The van der Waals surface area contributed by atoms with Crippen LogP contribution in [0.15, 0.2) is 24.3 Å². The number of amides is 1. The third-order valence-corrected chi connectivity index (χ3v) is 2.92. The predicted molar refractivity (Wildman–Crippen MR) is 68.6 cm³/mol. The molecule has 0 heterocycles. The zero-order valence-corrected chi connectivity index (χ0v) is 10.3. The second kappa shape index (κ2) is 6.25. The van der Waals surface area contributed by atoms with Crippen molar-refractivity contribution in [1.82, 2.24) is 5.32 Å². The largest absolute Gasteiger partial charge is 0.399 e. The summed E-state index contributed by atoms with van der Waals surface area (Å²) in [5.41, 5.74) is 6.66. The first kappa shape index (κ1) is 13.5. The highest BCUT2D eigenvalue weighted by molar-refractivity contribution is 5.94. The number of nitrogen functional groups attached to an aromatic ring is 1. The van der Waals surface area contributed by atoms with Crippen molar-refractivity contribution < 1.29 is 9.90 Å². The quantitative estimate of drug-likeness (QED) is 0.676. The summed E-state index contributed by atoms with van der Waals surface area (Å²) in [6, 6.07) is 6.77. The molecule has 4 heteroatoms. The van der Waals surface area contributed by atoms with Gasteiger partial charge in [0.1, 0.15) is 0 Å². The molecule has 0 fully saturated rings. The first-order valence-electron chi connectivity index (χ1n) is 5.86. The normalized spacial score (nSPS) is 14.1. The monoisotopic (exact) mass is 236 g/mol. The molecular formula is C13H20N2O2. The Morgan fingerprint density at radius 3 is 2.82 bits per heavy atom. The topological polar surface area (TPSA) is 75.3 Å². The van der Waals surface area contributed by atoms with Crippen LogP contribution in [0.3, 0.4) is 0 Å². The maximum Gasteiger partial charge on any atom is 0.251 e. The first-order valence-corrected chi connectivity index (χ1v) is 5.86. The van der Waals surface area contributed by atoms with Gasteiger partial charge in [-0.05, 0) is 24.1 Å². The van der Waals surface area contributed by atoms with Crippen LogP contribution in [-0.2, 0) is 0 Å². The molecule has 0 aliphatic rings. The van der Waals surface area contributed by atoms with E-state index in [-0.39, 0.29) is 18.4 Å². The van der Waals surface area contributed by atoms with Crippen LogP contribution in [0, 0.1) is 5.92 Å². The Kier molecular flexibility index (Phi) is 4.97. The minimum Gasteiger partial charge on any atom is -0.399 e. The molecule has 0 aliphatic heterocycles. The molecule has 2 unspecified atom stereocenters. The molecule has 1 rings (SSSR count). The van der Waals surface area contributed by atoms with E-state index in [4.69, 9.17) is 5.73 Å². The third-order valence-electron chi connectivity index (χ3n) is 2.92. The predicted octanol–water partition coefficient (Wildman–Crippen LogP) is 1.41. The standard InChI is InChI=1S/C13H20N2O2/c1-3-9(2)12(16)8-15-13(17)10-5-4-6-11(14)7-10/h4-7,9,12,16H,3,8,14H2,1-2H3,(H,15,17). The Hall–Kier alpha value is -1.55. The lowest BCUT2D eigenvalue weighted by molar-refractivity contribution is 0.0850. The molecule has 0 aromatic heterocycles. The average molecular weight is 236 g/mol. The molecule has 0 radical (unpaired) electrons. The Labute approximate surface area is 102 Å². The van der Waals surface area contributed by atoms with Crippen molar-refractivity contribution in [2.24, 2.45) is 5.92 Å². The first-order chi connectivity index (χ1) is 8.04. The van der Waals surface area contributed by atoms with E-state index in [0.29, 0.717) is 11.3 Å². The molecule has 1 aromatic rings. The maximum atomic E-state index is 11.7.